The average Bonchev–Trinajstić information content (AvgIpc) is 3.39. The first-order chi connectivity index (χ1) is 19.1. The van der Waals surface area contributed by atoms with Crippen molar-refractivity contribution in [3.05, 3.63) is 61.2 Å². The minimum atomic E-state index is 0. The lowest BCUT2D eigenvalue weighted by Crippen LogP contribution is -2.42. The zero-order chi connectivity index (χ0) is 29.1. The van der Waals surface area contributed by atoms with Gasteiger partial charge in [0.2, 0.25) is 0 Å². The van der Waals surface area contributed by atoms with E-state index in [0.717, 1.165) is 41.9 Å². The van der Waals surface area contributed by atoms with Gasteiger partial charge in [-0.3, -0.25) is 9.67 Å². The summed E-state index contributed by atoms with van der Waals surface area (Å²) in [6.07, 6.45) is 9.78. The van der Waals surface area contributed by atoms with E-state index in [4.69, 9.17) is 16.3 Å². The average molecular weight is 585 g/mol. The van der Waals surface area contributed by atoms with Crippen LogP contribution in [0.15, 0.2) is 66.1 Å². The number of nitrogen functional groups attached to an aromatic ring is 1. The summed E-state index contributed by atoms with van der Waals surface area (Å²) in [5, 5.41) is 5.31. The van der Waals surface area contributed by atoms with Gasteiger partial charge in [-0.15, -0.1) is 11.8 Å². The van der Waals surface area contributed by atoms with Gasteiger partial charge in [0.15, 0.2) is 0 Å². The van der Waals surface area contributed by atoms with Crippen molar-refractivity contribution >= 4 is 34.2 Å². The van der Waals surface area contributed by atoms with Crippen molar-refractivity contribution in [1.82, 2.24) is 19.7 Å². The van der Waals surface area contributed by atoms with Crippen molar-refractivity contribution in [2.45, 2.75) is 57.1 Å². The first-order valence-corrected chi connectivity index (χ1v) is 14.6. The van der Waals surface area contributed by atoms with Crippen molar-refractivity contribution in [3.63, 3.8) is 0 Å². The van der Waals surface area contributed by atoms with E-state index in [1.165, 1.54) is 22.4 Å². The molecule has 0 saturated carbocycles. The molecular formula is C30H48N8O2S. The van der Waals surface area contributed by atoms with E-state index in [0.29, 0.717) is 11.9 Å². The lowest BCUT2D eigenvalue weighted by atomic mass is 10.1. The van der Waals surface area contributed by atoms with Gasteiger partial charge in [-0.05, 0) is 75.8 Å². The summed E-state index contributed by atoms with van der Waals surface area (Å²) >= 11 is 1.87. The minimum Gasteiger partial charge on any atom is -0.412 e. The van der Waals surface area contributed by atoms with Crippen molar-refractivity contribution in [2.24, 2.45) is 18.6 Å². The molecule has 1 aliphatic rings. The third-order valence-electron chi connectivity index (χ3n) is 6.33. The number of aryl methyl sites for hydroxylation is 1. The molecule has 0 bridgehead atoms. The fourth-order valence-corrected chi connectivity index (χ4v) is 4.70. The largest absolute Gasteiger partial charge is 0.412 e. The summed E-state index contributed by atoms with van der Waals surface area (Å²) < 4.78 is 6.69. The summed E-state index contributed by atoms with van der Waals surface area (Å²) in [5.74, 6) is 6.96. The number of nitrogens with zero attached hydrogens (tertiary/aromatic N) is 5. The normalized spacial score (nSPS) is 14.7. The number of hydrogen-bond acceptors (Lipinski definition) is 9. The third kappa shape index (κ3) is 10.9. The summed E-state index contributed by atoms with van der Waals surface area (Å²) in [6.45, 7) is 10.3. The molecule has 1 aliphatic heterocycles. The van der Waals surface area contributed by atoms with Crippen LogP contribution >= 0.6 is 11.8 Å². The van der Waals surface area contributed by atoms with E-state index < -0.39 is 0 Å². The first kappa shape index (κ1) is 34.0. The summed E-state index contributed by atoms with van der Waals surface area (Å²) in [7, 11) is 3.59. The second kappa shape index (κ2) is 16.3. The minimum absolute atomic E-state index is 0. The van der Waals surface area contributed by atoms with Gasteiger partial charge in [-0.2, -0.15) is 5.10 Å². The number of benzene rings is 1. The highest BCUT2D eigenvalue weighted by molar-refractivity contribution is 7.99. The van der Waals surface area contributed by atoms with Gasteiger partial charge in [0.1, 0.15) is 5.82 Å². The molecule has 1 fully saturated rings. The number of fused-ring (bicyclic) bond motifs is 1. The fraction of sp³-hybridized carbons (Fsp3) is 0.433. The molecule has 41 heavy (non-hydrogen) atoms. The number of anilines is 2. The maximum atomic E-state index is 6.07. The van der Waals surface area contributed by atoms with Gasteiger partial charge < -0.3 is 26.3 Å². The Labute approximate surface area is 249 Å². The molecule has 0 aliphatic carbocycles. The Hall–Kier alpha value is -3.22. The highest BCUT2D eigenvalue weighted by Gasteiger charge is 2.17. The molecule has 7 N–H and O–H groups in total. The van der Waals surface area contributed by atoms with E-state index in [9.17, 15) is 0 Å². The quantitative estimate of drug-likeness (QED) is 0.169. The Morgan fingerprint density at radius 1 is 1.10 bits per heavy atom. The Bertz CT molecular complexity index is 1330. The summed E-state index contributed by atoms with van der Waals surface area (Å²) in [6, 6.07) is 12.8. The van der Waals surface area contributed by atoms with E-state index >= 15 is 0 Å². The molecule has 4 aromatic rings. The standard InChI is InChI=1S/C16H21N3S.C9H11N5.C5H12O.H2O.H2/c1-2-20-15-5-6-16-12(9-15)8-14(10-18-16)19-7-3-4-13(17)11-19;1-14-6-8(5-12-14)7-2-3-9(13-10)11-4-7;1-5(2,3)6-4;;/h5-6,8-10,13H,2-4,7,11,17H2,1H3;2-6H,10H2,1H3,(H,11,13);1-4H3;1H2;1H. The Balaban J connectivity index is 0.000000352. The molecule has 0 spiro atoms. The lowest BCUT2D eigenvalue weighted by Gasteiger charge is -2.32. The molecular weight excluding hydrogens is 536 g/mol. The van der Waals surface area contributed by atoms with Crippen LogP contribution in [-0.4, -0.2) is 62.8 Å². The molecule has 4 heterocycles. The van der Waals surface area contributed by atoms with Gasteiger partial charge in [0.05, 0.1) is 29.2 Å². The molecule has 10 nitrogen and oxygen atoms in total. The zero-order valence-electron chi connectivity index (χ0n) is 25.1. The number of hydrogen-bond donors (Lipinski definition) is 3. The second-order valence-corrected chi connectivity index (χ2v) is 12.0. The number of ether oxygens (including phenoxy) is 1. The molecule has 1 atom stereocenters. The van der Waals surface area contributed by atoms with Crippen molar-refractivity contribution in [1.29, 1.82) is 0 Å². The Morgan fingerprint density at radius 2 is 1.85 bits per heavy atom. The van der Waals surface area contributed by atoms with Crippen LogP contribution in [0.1, 0.15) is 42.0 Å². The molecule has 0 radical (unpaired) electrons. The third-order valence-corrected chi connectivity index (χ3v) is 7.21. The molecule has 5 rings (SSSR count). The topological polar surface area (TPSA) is 152 Å². The molecule has 1 saturated heterocycles. The van der Waals surface area contributed by atoms with Crippen molar-refractivity contribution in [3.8, 4) is 11.1 Å². The van der Waals surface area contributed by atoms with Crippen molar-refractivity contribution in [2.75, 3.05) is 36.3 Å². The van der Waals surface area contributed by atoms with Crippen molar-refractivity contribution < 1.29 is 11.6 Å². The van der Waals surface area contributed by atoms with Crippen LogP contribution in [0, 0.1) is 0 Å². The zero-order valence-corrected chi connectivity index (χ0v) is 25.9. The maximum Gasteiger partial charge on any atom is 0.139 e. The number of thioether (sulfide) groups is 1. The van der Waals surface area contributed by atoms with Crippen LogP contribution in [0.5, 0.6) is 0 Å². The van der Waals surface area contributed by atoms with Crippen LogP contribution in [0.25, 0.3) is 22.0 Å². The monoisotopic (exact) mass is 584 g/mol. The number of pyridine rings is 2. The van der Waals surface area contributed by atoms with Crippen LogP contribution < -0.4 is 21.9 Å². The number of methoxy groups -OCH3 is 1. The number of piperidine rings is 1. The SMILES string of the molecule is CCSc1ccc2ncc(N3CCCC(N)C3)cc2c1.COC(C)(C)C.Cn1cc(-c2ccc(NN)nc2)cn1.O.[HH]. The Kier molecular flexibility index (Phi) is 13.5. The number of rotatable bonds is 5. The van der Waals surface area contributed by atoms with Gasteiger partial charge in [0, 0.05) is 68.5 Å². The van der Waals surface area contributed by atoms with Gasteiger partial charge in [0.25, 0.3) is 0 Å². The smallest absolute Gasteiger partial charge is 0.139 e. The number of nitrogens with two attached hydrogens (primary N) is 2. The molecule has 1 aromatic carbocycles. The fourth-order valence-electron chi connectivity index (χ4n) is 3.99. The van der Waals surface area contributed by atoms with Gasteiger partial charge >= 0.3 is 0 Å². The highest BCUT2D eigenvalue weighted by Crippen LogP contribution is 2.27. The van der Waals surface area contributed by atoms with E-state index in [1.807, 2.05) is 64.1 Å². The molecule has 11 heteroatoms. The molecule has 226 valence electrons. The van der Waals surface area contributed by atoms with E-state index in [1.54, 1.807) is 24.2 Å². The maximum absolute atomic E-state index is 6.07. The van der Waals surface area contributed by atoms with E-state index in [2.05, 4.69) is 56.6 Å². The summed E-state index contributed by atoms with van der Waals surface area (Å²) in [4.78, 5) is 12.4. The molecule has 0 amide bonds. The number of nitrogens with one attached hydrogen (secondary N) is 1. The van der Waals surface area contributed by atoms with Crippen LogP contribution in [0.2, 0.25) is 0 Å². The second-order valence-electron chi connectivity index (χ2n) is 10.6. The van der Waals surface area contributed by atoms with Crippen LogP contribution in [0.3, 0.4) is 0 Å². The van der Waals surface area contributed by atoms with E-state index in [-0.39, 0.29) is 12.5 Å². The number of aromatic nitrogens is 4. The van der Waals surface area contributed by atoms with Crippen LogP contribution in [0.4, 0.5) is 11.5 Å². The predicted molar refractivity (Wildman–Crippen MR) is 174 cm³/mol. The number of hydrazine groups is 1. The van der Waals surface area contributed by atoms with Crippen LogP contribution in [-0.2, 0) is 11.8 Å². The van der Waals surface area contributed by atoms with Gasteiger partial charge in [-0.1, -0.05) is 6.92 Å². The van der Waals surface area contributed by atoms with Gasteiger partial charge in [-0.25, -0.2) is 10.8 Å². The predicted octanol–water partition coefficient (Wildman–Crippen LogP) is 4.89. The molecule has 1 unspecified atom stereocenters. The highest BCUT2D eigenvalue weighted by atomic mass is 32.2. The Morgan fingerprint density at radius 3 is 2.41 bits per heavy atom. The summed E-state index contributed by atoms with van der Waals surface area (Å²) in [5.41, 5.74) is 12.9. The molecule has 3 aromatic heterocycles. The first-order valence-electron chi connectivity index (χ1n) is 13.6. The lowest BCUT2D eigenvalue weighted by molar-refractivity contribution is 0.0397.